The maximum atomic E-state index is 12.0. The lowest BCUT2D eigenvalue weighted by atomic mass is 10.0. The Balaban J connectivity index is 0.00000110. The molecule has 21 heavy (non-hydrogen) atoms. The van der Waals surface area contributed by atoms with Crippen LogP contribution in [0.1, 0.15) is 9.67 Å². The van der Waals surface area contributed by atoms with E-state index in [4.69, 9.17) is 0 Å². The number of thiazole rings is 1. The molecule has 0 atom stereocenters. The van der Waals surface area contributed by atoms with Gasteiger partial charge >= 0.3 is 0 Å². The van der Waals surface area contributed by atoms with Gasteiger partial charge in [0.1, 0.15) is 9.88 Å². The smallest absolute Gasteiger partial charge is 0.263 e. The van der Waals surface area contributed by atoms with Crippen molar-refractivity contribution in [3.05, 3.63) is 41.4 Å². The van der Waals surface area contributed by atoms with E-state index in [1.165, 1.54) is 11.3 Å². The van der Waals surface area contributed by atoms with Crippen LogP contribution in [0.5, 0.6) is 0 Å². The van der Waals surface area contributed by atoms with Gasteiger partial charge in [-0.2, -0.15) is 0 Å². The number of amides is 1. The zero-order valence-corrected chi connectivity index (χ0v) is 13.7. The zero-order chi connectivity index (χ0) is 13.1. The average Bonchev–Trinajstić information content (AvgIpc) is 2.87. The van der Waals surface area contributed by atoms with E-state index in [9.17, 15) is 4.79 Å². The second kappa shape index (κ2) is 8.34. The Bertz CT molecular complexity index is 573. The van der Waals surface area contributed by atoms with E-state index in [0.717, 1.165) is 30.2 Å². The molecule has 4 nitrogen and oxygen atoms in total. The Morgan fingerprint density at radius 2 is 2.00 bits per heavy atom. The minimum absolute atomic E-state index is 0. The Kier molecular flexibility index (Phi) is 7.11. The molecule has 1 aliphatic rings. The largest absolute Gasteiger partial charge is 0.351 e. The summed E-state index contributed by atoms with van der Waals surface area (Å²) in [5.74, 6) is 0.553. The van der Waals surface area contributed by atoms with Crippen LogP contribution < -0.4 is 10.6 Å². The minimum Gasteiger partial charge on any atom is -0.351 e. The van der Waals surface area contributed by atoms with Crippen molar-refractivity contribution in [2.24, 2.45) is 5.92 Å². The van der Waals surface area contributed by atoms with Gasteiger partial charge < -0.3 is 10.6 Å². The molecule has 0 unspecified atom stereocenters. The summed E-state index contributed by atoms with van der Waals surface area (Å²) in [6.07, 6.45) is 1.65. The lowest BCUT2D eigenvalue weighted by molar-refractivity contribution is 0.0946. The molecule has 1 saturated heterocycles. The Morgan fingerprint density at radius 3 is 2.62 bits per heavy atom. The highest BCUT2D eigenvalue weighted by atomic mass is 35.5. The Hall–Kier alpha value is -1.14. The SMILES string of the molecule is Cl.Cl.O=C(NCC1CNC1)c1cnc(-c2ccccc2)s1. The number of carbonyl (C=O) groups is 1. The standard InChI is InChI=1S/C14H15N3OS.2ClH/c18-13(16-8-10-6-15-7-10)12-9-17-14(19-12)11-4-2-1-3-5-11;;/h1-5,9-10,15H,6-8H2,(H,16,18);2*1H. The zero-order valence-electron chi connectivity index (χ0n) is 11.2. The van der Waals surface area contributed by atoms with Crippen LogP contribution in [0.2, 0.25) is 0 Å². The lowest BCUT2D eigenvalue weighted by Crippen LogP contribution is -2.48. The summed E-state index contributed by atoms with van der Waals surface area (Å²) in [5, 5.41) is 7.03. The van der Waals surface area contributed by atoms with Crippen molar-refractivity contribution in [1.82, 2.24) is 15.6 Å². The van der Waals surface area contributed by atoms with Gasteiger partial charge in [0.25, 0.3) is 5.91 Å². The fourth-order valence-corrected chi connectivity index (χ4v) is 2.75. The van der Waals surface area contributed by atoms with Gasteiger partial charge in [-0.1, -0.05) is 30.3 Å². The first-order valence-corrected chi connectivity index (χ1v) is 7.15. The summed E-state index contributed by atoms with van der Waals surface area (Å²) in [6, 6.07) is 9.92. The number of rotatable bonds is 4. The van der Waals surface area contributed by atoms with E-state index in [-0.39, 0.29) is 30.7 Å². The van der Waals surface area contributed by atoms with Crippen molar-refractivity contribution < 1.29 is 4.79 Å². The Morgan fingerprint density at radius 1 is 1.29 bits per heavy atom. The molecular weight excluding hydrogens is 329 g/mol. The normalized spacial score (nSPS) is 13.5. The van der Waals surface area contributed by atoms with Crippen molar-refractivity contribution in [2.75, 3.05) is 19.6 Å². The highest BCUT2D eigenvalue weighted by molar-refractivity contribution is 7.16. The molecule has 0 aliphatic carbocycles. The molecule has 0 spiro atoms. The molecule has 1 aliphatic heterocycles. The van der Waals surface area contributed by atoms with E-state index >= 15 is 0 Å². The molecule has 0 saturated carbocycles. The van der Waals surface area contributed by atoms with Crippen LogP contribution in [0, 0.1) is 5.92 Å². The van der Waals surface area contributed by atoms with E-state index in [1.54, 1.807) is 6.20 Å². The highest BCUT2D eigenvalue weighted by Crippen LogP contribution is 2.24. The van der Waals surface area contributed by atoms with Gasteiger partial charge in [0.15, 0.2) is 0 Å². The third-order valence-corrected chi connectivity index (χ3v) is 4.21. The van der Waals surface area contributed by atoms with E-state index in [2.05, 4.69) is 15.6 Å². The number of carbonyl (C=O) groups excluding carboxylic acids is 1. The summed E-state index contributed by atoms with van der Waals surface area (Å²) >= 11 is 1.43. The number of hydrogen-bond donors (Lipinski definition) is 2. The summed E-state index contributed by atoms with van der Waals surface area (Å²) in [6.45, 7) is 2.74. The number of halogens is 2. The molecule has 2 aromatic rings. The second-order valence-corrected chi connectivity index (χ2v) is 5.66. The van der Waals surface area contributed by atoms with Gasteiger partial charge in [-0.05, 0) is 0 Å². The first kappa shape index (κ1) is 17.9. The maximum absolute atomic E-state index is 12.0. The summed E-state index contributed by atoms with van der Waals surface area (Å²) in [5.41, 5.74) is 1.05. The monoisotopic (exact) mass is 345 g/mol. The van der Waals surface area contributed by atoms with Crippen molar-refractivity contribution in [2.45, 2.75) is 0 Å². The Labute approximate surface area is 140 Å². The third kappa shape index (κ3) is 4.41. The van der Waals surface area contributed by atoms with Gasteiger partial charge in [0.05, 0.1) is 6.20 Å². The predicted octanol–water partition coefficient (Wildman–Crippen LogP) is 2.60. The summed E-state index contributed by atoms with van der Waals surface area (Å²) in [4.78, 5) is 17.0. The van der Waals surface area contributed by atoms with E-state index in [1.807, 2.05) is 30.3 Å². The van der Waals surface area contributed by atoms with Crippen LogP contribution in [0.3, 0.4) is 0 Å². The maximum Gasteiger partial charge on any atom is 0.263 e. The van der Waals surface area contributed by atoms with Crippen molar-refractivity contribution in [3.8, 4) is 10.6 Å². The molecule has 114 valence electrons. The third-order valence-electron chi connectivity index (χ3n) is 3.17. The van der Waals surface area contributed by atoms with Crippen LogP contribution in [-0.2, 0) is 0 Å². The van der Waals surface area contributed by atoms with Crippen LogP contribution in [-0.4, -0.2) is 30.5 Å². The van der Waals surface area contributed by atoms with Crippen LogP contribution in [0.15, 0.2) is 36.5 Å². The molecular formula is C14H17Cl2N3OS. The number of hydrogen-bond acceptors (Lipinski definition) is 4. The highest BCUT2D eigenvalue weighted by Gasteiger charge is 2.18. The number of aromatic nitrogens is 1. The van der Waals surface area contributed by atoms with Crippen LogP contribution >= 0.6 is 36.2 Å². The molecule has 1 amide bonds. The summed E-state index contributed by atoms with van der Waals surface area (Å²) < 4.78 is 0. The van der Waals surface area contributed by atoms with Gasteiger partial charge in [-0.25, -0.2) is 4.98 Å². The molecule has 1 aromatic heterocycles. The molecule has 1 fully saturated rings. The first-order chi connectivity index (χ1) is 9.33. The first-order valence-electron chi connectivity index (χ1n) is 6.33. The minimum atomic E-state index is -0.0217. The number of benzene rings is 1. The fourth-order valence-electron chi connectivity index (χ4n) is 1.91. The van der Waals surface area contributed by atoms with E-state index in [0.29, 0.717) is 10.8 Å². The lowest BCUT2D eigenvalue weighted by Gasteiger charge is -2.26. The number of nitrogens with zero attached hydrogens (tertiary/aromatic N) is 1. The predicted molar refractivity (Wildman–Crippen MR) is 90.7 cm³/mol. The molecule has 0 bridgehead atoms. The quantitative estimate of drug-likeness (QED) is 0.895. The van der Waals surface area contributed by atoms with Crippen molar-refractivity contribution >= 4 is 42.1 Å². The second-order valence-electron chi connectivity index (χ2n) is 4.63. The molecule has 1 aromatic carbocycles. The molecule has 3 rings (SSSR count). The summed E-state index contributed by atoms with van der Waals surface area (Å²) in [7, 11) is 0. The van der Waals surface area contributed by atoms with Crippen molar-refractivity contribution in [3.63, 3.8) is 0 Å². The van der Waals surface area contributed by atoms with Crippen LogP contribution in [0.25, 0.3) is 10.6 Å². The van der Waals surface area contributed by atoms with Crippen molar-refractivity contribution in [1.29, 1.82) is 0 Å². The average molecular weight is 346 g/mol. The van der Waals surface area contributed by atoms with Gasteiger partial charge in [-0.3, -0.25) is 4.79 Å². The van der Waals surface area contributed by atoms with Gasteiger partial charge in [0.2, 0.25) is 0 Å². The molecule has 0 radical (unpaired) electrons. The fraction of sp³-hybridized carbons (Fsp3) is 0.286. The molecule has 2 N–H and O–H groups in total. The topological polar surface area (TPSA) is 54.0 Å². The van der Waals surface area contributed by atoms with Gasteiger partial charge in [-0.15, -0.1) is 36.2 Å². The van der Waals surface area contributed by atoms with E-state index < -0.39 is 0 Å². The van der Waals surface area contributed by atoms with Gasteiger partial charge in [0, 0.05) is 31.1 Å². The molecule has 2 heterocycles. The molecule has 7 heteroatoms. The number of nitrogens with one attached hydrogen (secondary N) is 2. The van der Waals surface area contributed by atoms with Crippen LogP contribution in [0.4, 0.5) is 0 Å².